The fraction of sp³-hybridized carbons (Fsp3) is 0.462. The maximum absolute atomic E-state index is 13.6. The third-order valence-corrected chi connectivity index (χ3v) is 3.53. The first kappa shape index (κ1) is 14.2. The number of amides is 1. The molecule has 1 aliphatic heterocycles. The molecule has 0 bridgehead atoms. The molecule has 1 aromatic carbocycles. The number of aliphatic hydroxyl groups is 2. The Labute approximate surface area is 115 Å². The highest BCUT2D eigenvalue weighted by molar-refractivity contribution is 6.31. The first-order chi connectivity index (χ1) is 8.95. The first-order valence-electron chi connectivity index (χ1n) is 6.03. The molecule has 0 radical (unpaired) electrons. The van der Waals surface area contributed by atoms with Gasteiger partial charge in [-0.15, -0.1) is 0 Å². The molecule has 1 aliphatic rings. The molecule has 1 aromatic rings. The van der Waals surface area contributed by atoms with E-state index in [0.717, 1.165) is 6.07 Å². The topological polar surface area (TPSA) is 60.8 Å². The van der Waals surface area contributed by atoms with Gasteiger partial charge in [0.1, 0.15) is 11.4 Å². The van der Waals surface area contributed by atoms with E-state index in [1.54, 1.807) is 0 Å². The molecule has 104 valence electrons. The van der Waals surface area contributed by atoms with Gasteiger partial charge in [-0.2, -0.15) is 0 Å². The van der Waals surface area contributed by atoms with Gasteiger partial charge in [-0.1, -0.05) is 11.6 Å². The SMILES string of the molecule is O=C(c1cc(Cl)ccc1F)N1CCC[C@@](O)(CO)C1. The van der Waals surface area contributed by atoms with E-state index >= 15 is 0 Å². The molecule has 1 fully saturated rings. The Morgan fingerprint density at radius 1 is 1.53 bits per heavy atom. The minimum Gasteiger partial charge on any atom is -0.393 e. The number of benzene rings is 1. The average Bonchev–Trinajstić information content (AvgIpc) is 2.41. The summed E-state index contributed by atoms with van der Waals surface area (Å²) in [5, 5.41) is 19.4. The number of hydrogen-bond donors (Lipinski definition) is 2. The smallest absolute Gasteiger partial charge is 0.256 e. The van der Waals surface area contributed by atoms with Crippen LogP contribution in [0.4, 0.5) is 4.39 Å². The van der Waals surface area contributed by atoms with Crippen molar-refractivity contribution in [1.29, 1.82) is 0 Å². The zero-order chi connectivity index (χ0) is 14.0. The van der Waals surface area contributed by atoms with E-state index in [1.807, 2.05) is 0 Å². The highest BCUT2D eigenvalue weighted by atomic mass is 35.5. The van der Waals surface area contributed by atoms with Crippen molar-refractivity contribution in [3.05, 3.63) is 34.6 Å². The van der Waals surface area contributed by atoms with Crippen LogP contribution >= 0.6 is 11.6 Å². The lowest BCUT2D eigenvalue weighted by molar-refractivity contribution is -0.0599. The maximum atomic E-state index is 13.6. The summed E-state index contributed by atoms with van der Waals surface area (Å²) >= 11 is 5.76. The van der Waals surface area contributed by atoms with Crippen LogP contribution in [0.2, 0.25) is 5.02 Å². The van der Waals surface area contributed by atoms with Crippen molar-refractivity contribution in [3.8, 4) is 0 Å². The van der Waals surface area contributed by atoms with Gasteiger partial charge in [-0.25, -0.2) is 4.39 Å². The number of carbonyl (C=O) groups excluding carboxylic acids is 1. The molecule has 1 heterocycles. The van der Waals surface area contributed by atoms with E-state index in [9.17, 15) is 14.3 Å². The summed E-state index contributed by atoms with van der Waals surface area (Å²) in [5.74, 6) is -1.17. The highest BCUT2D eigenvalue weighted by Gasteiger charge is 2.35. The van der Waals surface area contributed by atoms with Gasteiger partial charge in [0.15, 0.2) is 0 Å². The summed E-state index contributed by atoms with van der Waals surface area (Å²) in [5.41, 5.74) is -1.42. The average molecular weight is 288 g/mol. The van der Waals surface area contributed by atoms with Crippen LogP contribution < -0.4 is 0 Å². The Bertz CT molecular complexity index is 497. The lowest BCUT2D eigenvalue weighted by Crippen LogP contribution is -2.52. The third kappa shape index (κ3) is 3.05. The van der Waals surface area contributed by atoms with Crippen molar-refractivity contribution in [2.75, 3.05) is 19.7 Å². The van der Waals surface area contributed by atoms with Crippen LogP contribution in [0.1, 0.15) is 23.2 Å². The van der Waals surface area contributed by atoms with E-state index in [-0.39, 0.29) is 17.1 Å². The van der Waals surface area contributed by atoms with Gasteiger partial charge in [-0.05, 0) is 31.0 Å². The highest BCUT2D eigenvalue weighted by Crippen LogP contribution is 2.24. The predicted molar refractivity (Wildman–Crippen MR) is 68.6 cm³/mol. The molecule has 2 N–H and O–H groups in total. The Morgan fingerprint density at radius 2 is 2.26 bits per heavy atom. The van der Waals surface area contributed by atoms with E-state index in [4.69, 9.17) is 16.7 Å². The maximum Gasteiger partial charge on any atom is 0.256 e. The van der Waals surface area contributed by atoms with Gasteiger partial charge in [0, 0.05) is 11.6 Å². The van der Waals surface area contributed by atoms with E-state index in [1.165, 1.54) is 17.0 Å². The molecule has 1 amide bonds. The zero-order valence-corrected chi connectivity index (χ0v) is 11.0. The van der Waals surface area contributed by atoms with E-state index in [2.05, 4.69) is 0 Å². The largest absolute Gasteiger partial charge is 0.393 e. The van der Waals surface area contributed by atoms with Crippen LogP contribution in [0.25, 0.3) is 0 Å². The fourth-order valence-electron chi connectivity index (χ4n) is 2.25. The number of rotatable bonds is 2. The quantitative estimate of drug-likeness (QED) is 0.865. The Balaban J connectivity index is 2.22. The fourth-order valence-corrected chi connectivity index (χ4v) is 2.42. The molecule has 0 saturated carbocycles. The molecule has 0 aromatic heterocycles. The van der Waals surface area contributed by atoms with Crippen LogP contribution in [0.15, 0.2) is 18.2 Å². The van der Waals surface area contributed by atoms with Crippen LogP contribution in [0.5, 0.6) is 0 Å². The molecule has 0 unspecified atom stereocenters. The van der Waals surface area contributed by atoms with Gasteiger partial charge in [0.2, 0.25) is 0 Å². The molecule has 1 atom stereocenters. The molecule has 0 aliphatic carbocycles. The number of piperidine rings is 1. The summed E-state index contributed by atoms with van der Waals surface area (Å²) in [6.07, 6.45) is 0.982. The third-order valence-electron chi connectivity index (χ3n) is 3.30. The Kier molecular flexibility index (Phi) is 4.08. The molecule has 6 heteroatoms. The van der Waals surface area contributed by atoms with Crippen molar-refractivity contribution in [2.24, 2.45) is 0 Å². The van der Waals surface area contributed by atoms with Gasteiger partial charge >= 0.3 is 0 Å². The van der Waals surface area contributed by atoms with Crippen molar-refractivity contribution in [1.82, 2.24) is 4.90 Å². The summed E-state index contributed by atoms with van der Waals surface area (Å²) in [7, 11) is 0. The molecular formula is C13H15ClFNO3. The van der Waals surface area contributed by atoms with Gasteiger partial charge < -0.3 is 15.1 Å². The minimum absolute atomic E-state index is 0.00567. The van der Waals surface area contributed by atoms with Crippen LogP contribution in [0, 0.1) is 5.82 Å². The molecule has 4 nitrogen and oxygen atoms in total. The summed E-state index contributed by atoms with van der Waals surface area (Å²) in [6, 6.07) is 3.78. The number of likely N-dealkylation sites (tertiary alicyclic amines) is 1. The monoisotopic (exact) mass is 287 g/mol. The van der Waals surface area contributed by atoms with Gasteiger partial charge in [-0.3, -0.25) is 4.79 Å². The summed E-state index contributed by atoms with van der Waals surface area (Å²) < 4.78 is 13.6. The standard InChI is InChI=1S/C13H15ClFNO3/c14-9-2-3-11(15)10(6-9)12(18)16-5-1-4-13(19,7-16)8-17/h2-3,6,17,19H,1,4-5,7-8H2/t13-/m0/s1. The van der Waals surface area contributed by atoms with Crippen molar-refractivity contribution in [3.63, 3.8) is 0 Å². The van der Waals surface area contributed by atoms with Crippen LogP contribution in [0.3, 0.4) is 0 Å². The van der Waals surface area contributed by atoms with E-state index in [0.29, 0.717) is 19.4 Å². The molecule has 0 spiro atoms. The second kappa shape index (κ2) is 5.45. The molecule has 1 saturated heterocycles. The van der Waals surface area contributed by atoms with Gasteiger partial charge in [0.05, 0.1) is 18.7 Å². The number of β-amino-alcohol motifs (C(OH)–C–C–N with tert-alkyl or cyclic N) is 1. The second-order valence-electron chi connectivity index (χ2n) is 4.84. The Morgan fingerprint density at radius 3 is 2.95 bits per heavy atom. The second-order valence-corrected chi connectivity index (χ2v) is 5.27. The number of carbonyl (C=O) groups is 1. The van der Waals surface area contributed by atoms with Crippen molar-refractivity contribution in [2.45, 2.75) is 18.4 Å². The van der Waals surface area contributed by atoms with E-state index < -0.39 is 23.9 Å². The number of hydrogen-bond acceptors (Lipinski definition) is 3. The Hall–Kier alpha value is -1.17. The number of nitrogens with zero attached hydrogens (tertiary/aromatic N) is 1. The van der Waals surface area contributed by atoms with Crippen molar-refractivity contribution < 1.29 is 19.4 Å². The lowest BCUT2D eigenvalue weighted by atomic mass is 9.93. The normalized spacial score (nSPS) is 23.5. The predicted octanol–water partition coefficient (Wildman–Crippen LogP) is 1.44. The molecular weight excluding hydrogens is 273 g/mol. The first-order valence-corrected chi connectivity index (χ1v) is 6.40. The lowest BCUT2D eigenvalue weighted by Gasteiger charge is -2.38. The molecule has 19 heavy (non-hydrogen) atoms. The zero-order valence-electron chi connectivity index (χ0n) is 10.3. The molecule has 2 rings (SSSR count). The van der Waals surface area contributed by atoms with Crippen molar-refractivity contribution >= 4 is 17.5 Å². The summed E-state index contributed by atoms with van der Waals surface area (Å²) in [6.45, 7) is -0.00378. The number of halogens is 2. The summed E-state index contributed by atoms with van der Waals surface area (Å²) in [4.78, 5) is 13.6. The number of aliphatic hydroxyl groups excluding tert-OH is 1. The minimum atomic E-state index is -1.30. The van der Waals surface area contributed by atoms with Gasteiger partial charge in [0.25, 0.3) is 5.91 Å². The van der Waals surface area contributed by atoms with Crippen LogP contribution in [-0.2, 0) is 0 Å². The van der Waals surface area contributed by atoms with Crippen LogP contribution in [-0.4, -0.2) is 46.3 Å².